The first-order valence-corrected chi connectivity index (χ1v) is 9.46. The van der Waals surface area contributed by atoms with Gasteiger partial charge in [-0.3, -0.25) is 4.98 Å². The molecule has 2 amide bonds. The summed E-state index contributed by atoms with van der Waals surface area (Å²) in [5, 5.41) is 3.05. The molecule has 1 aromatic heterocycles. The van der Waals surface area contributed by atoms with E-state index >= 15 is 0 Å². The van der Waals surface area contributed by atoms with Crippen LogP contribution >= 0.6 is 0 Å². The Hall–Kier alpha value is -2.40. The molecule has 0 radical (unpaired) electrons. The van der Waals surface area contributed by atoms with E-state index in [1.54, 1.807) is 6.20 Å². The van der Waals surface area contributed by atoms with Crippen LogP contribution in [0.15, 0.2) is 42.7 Å². The van der Waals surface area contributed by atoms with Gasteiger partial charge in [-0.1, -0.05) is 12.1 Å². The fourth-order valence-corrected chi connectivity index (χ4v) is 3.78. The summed E-state index contributed by atoms with van der Waals surface area (Å²) in [6.45, 7) is 2.04. The zero-order valence-corrected chi connectivity index (χ0v) is 15.0. The maximum Gasteiger partial charge on any atom is 0.321 e. The lowest BCUT2D eigenvalue weighted by Crippen LogP contribution is -2.43. The van der Waals surface area contributed by atoms with Gasteiger partial charge in [0.15, 0.2) is 0 Å². The van der Waals surface area contributed by atoms with E-state index in [-0.39, 0.29) is 12.1 Å². The van der Waals surface area contributed by atoms with Crippen molar-refractivity contribution in [2.45, 2.75) is 44.8 Å². The number of pyridine rings is 1. The number of rotatable bonds is 4. The van der Waals surface area contributed by atoms with Crippen LogP contribution in [0.25, 0.3) is 0 Å². The van der Waals surface area contributed by atoms with Gasteiger partial charge in [-0.05, 0) is 67.0 Å². The van der Waals surface area contributed by atoms with Crippen LogP contribution in [0.3, 0.4) is 0 Å². The lowest BCUT2D eigenvalue weighted by molar-refractivity contribution is 0.00530. The predicted molar refractivity (Wildman–Crippen MR) is 101 cm³/mol. The Balaban J connectivity index is 1.24. The third kappa shape index (κ3) is 4.05. The third-order valence-corrected chi connectivity index (χ3v) is 5.29. The molecule has 2 aromatic rings. The van der Waals surface area contributed by atoms with Crippen molar-refractivity contribution in [3.8, 4) is 0 Å². The maximum absolute atomic E-state index is 12.5. The number of ether oxygens (including phenoxy) is 1. The fourth-order valence-electron chi connectivity index (χ4n) is 3.78. The number of fused-ring (bicyclic) bond motifs is 1. The van der Waals surface area contributed by atoms with Crippen LogP contribution in [0.2, 0.25) is 0 Å². The molecule has 0 spiro atoms. The first-order valence-electron chi connectivity index (χ1n) is 9.46. The van der Waals surface area contributed by atoms with E-state index < -0.39 is 0 Å². The lowest BCUT2D eigenvalue weighted by atomic mass is 10.1. The third-order valence-electron chi connectivity index (χ3n) is 5.29. The van der Waals surface area contributed by atoms with Gasteiger partial charge in [0, 0.05) is 31.2 Å². The van der Waals surface area contributed by atoms with Crippen molar-refractivity contribution < 1.29 is 9.53 Å². The molecule has 1 saturated heterocycles. The minimum atomic E-state index is -0.00587. The molecular weight excluding hydrogens is 326 g/mol. The second-order valence-electron chi connectivity index (χ2n) is 7.13. The molecule has 5 nitrogen and oxygen atoms in total. The largest absolute Gasteiger partial charge is 0.373 e. The number of aryl methyl sites for hydroxylation is 2. The first kappa shape index (κ1) is 17.0. The molecule has 26 heavy (non-hydrogen) atoms. The van der Waals surface area contributed by atoms with Crippen molar-refractivity contribution in [2.24, 2.45) is 0 Å². The Labute approximate surface area is 154 Å². The molecule has 0 saturated carbocycles. The average molecular weight is 351 g/mol. The number of hydrogen-bond donors (Lipinski definition) is 1. The van der Waals surface area contributed by atoms with E-state index in [0.29, 0.717) is 6.61 Å². The Kier molecular flexibility index (Phi) is 5.16. The maximum atomic E-state index is 12.5. The van der Waals surface area contributed by atoms with Gasteiger partial charge in [-0.15, -0.1) is 0 Å². The number of benzene rings is 1. The summed E-state index contributed by atoms with van der Waals surface area (Å²) in [5.41, 5.74) is 4.80. The van der Waals surface area contributed by atoms with E-state index in [0.717, 1.165) is 50.0 Å². The van der Waals surface area contributed by atoms with Crippen LogP contribution in [0, 0.1) is 0 Å². The van der Waals surface area contributed by atoms with Gasteiger partial charge < -0.3 is 15.0 Å². The van der Waals surface area contributed by atoms with Crippen LogP contribution in [-0.4, -0.2) is 35.1 Å². The molecule has 1 fully saturated rings. The number of hydrogen-bond acceptors (Lipinski definition) is 3. The van der Waals surface area contributed by atoms with Crippen molar-refractivity contribution in [1.29, 1.82) is 0 Å². The van der Waals surface area contributed by atoms with Gasteiger partial charge >= 0.3 is 6.03 Å². The lowest BCUT2D eigenvalue weighted by Gasteiger charge is -2.32. The number of carbonyl (C=O) groups excluding carboxylic acids is 1. The average Bonchev–Trinajstić information content (AvgIpc) is 3.15. The molecule has 2 aliphatic rings. The quantitative estimate of drug-likeness (QED) is 0.912. The Morgan fingerprint density at radius 1 is 1.19 bits per heavy atom. The van der Waals surface area contributed by atoms with Gasteiger partial charge in [0.05, 0.1) is 12.7 Å². The summed E-state index contributed by atoms with van der Waals surface area (Å²) in [5.74, 6) is 0. The second kappa shape index (κ2) is 7.87. The van der Waals surface area contributed by atoms with Crippen molar-refractivity contribution >= 4 is 11.7 Å². The number of urea groups is 1. The summed E-state index contributed by atoms with van der Waals surface area (Å²) >= 11 is 0. The molecule has 136 valence electrons. The number of likely N-dealkylation sites (tertiary alicyclic amines) is 1. The summed E-state index contributed by atoms with van der Waals surface area (Å²) in [7, 11) is 0. The van der Waals surface area contributed by atoms with E-state index in [2.05, 4.69) is 22.4 Å². The highest BCUT2D eigenvalue weighted by Crippen LogP contribution is 2.25. The van der Waals surface area contributed by atoms with Crippen molar-refractivity contribution in [3.05, 3.63) is 59.4 Å². The molecule has 2 heterocycles. The molecular formula is C21H25N3O2. The fraction of sp³-hybridized carbons (Fsp3) is 0.429. The SMILES string of the molecule is O=C(Nc1ccc2c(c1)CCC2)N1CCC(OCc2cccnc2)CC1. The number of nitrogens with one attached hydrogen (secondary N) is 1. The summed E-state index contributed by atoms with van der Waals surface area (Å²) in [6.07, 6.45) is 9.06. The Bertz CT molecular complexity index is 755. The number of anilines is 1. The molecule has 0 atom stereocenters. The Morgan fingerprint density at radius 3 is 2.85 bits per heavy atom. The minimum absolute atomic E-state index is 0.00587. The van der Waals surface area contributed by atoms with Gasteiger partial charge in [0.1, 0.15) is 0 Å². The standard InChI is InChI=1S/C21H25N3O2/c25-21(23-19-7-6-17-4-1-5-18(17)13-19)24-11-8-20(9-12-24)26-15-16-3-2-10-22-14-16/h2-3,6-7,10,13-14,20H,1,4-5,8-9,11-12,15H2,(H,23,25). The molecule has 0 unspecified atom stereocenters. The number of carbonyl (C=O) groups is 1. The highest BCUT2D eigenvalue weighted by Gasteiger charge is 2.23. The minimum Gasteiger partial charge on any atom is -0.373 e. The monoisotopic (exact) mass is 351 g/mol. The second-order valence-corrected chi connectivity index (χ2v) is 7.13. The van der Waals surface area contributed by atoms with Crippen LogP contribution in [0.4, 0.5) is 10.5 Å². The highest BCUT2D eigenvalue weighted by atomic mass is 16.5. The molecule has 0 bridgehead atoms. The zero-order chi connectivity index (χ0) is 17.8. The summed E-state index contributed by atoms with van der Waals surface area (Å²) < 4.78 is 5.97. The smallest absolute Gasteiger partial charge is 0.321 e. The molecule has 5 heteroatoms. The molecule has 1 aromatic carbocycles. The molecule has 1 aliphatic carbocycles. The van der Waals surface area contributed by atoms with Crippen LogP contribution in [-0.2, 0) is 24.2 Å². The first-order chi connectivity index (χ1) is 12.8. The van der Waals surface area contributed by atoms with Crippen LogP contribution in [0.5, 0.6) is 0 Å². The van der Waals surface area contributed by atoms with Crippen molar-refractivity contribution in [2.75, 3.05) is 18.4 Å². The topological polar surface area (TPSA) is 54.5 Å². The molecule has 4 rings (SSSR count). The molecule has 1 N–H and O–H groups in total. The van der Waals surface area contributed by atoms with E-state index in [1.165, 1.54) is 17.5 Å². The van der Waals surface area contributed by atoms with Gasteiger partial charge in [-0.25, -0.2) is 4.79 Å². The van der Waals surface area contributed by atoms with Crippen LogP contribution < -0.4 is 5.32 Å². The predicted octanol–water partition coefficient (Wildman–Crippen LogP) is 3.78. The van der Waals surface area contributed by atoms with Crippen molar-refractivity contribution in [1.82, 2.24) is 9.88 Å². The number of piperidine rings is 1. The summed E-state index contributed by atoms with van der Waals surface area (Å²) in [6, 6.07) is 10.2. The van der Waals surface area contributed by atoms with E-state index in [4.69, 9.17) is 4.74 Å². The van der Waals surface area contributed by atoms with Gasteiger partial charge in [0.2, 0.25) is 0 Å². The highest BCUT2D eigenvalue weighted by molar-refractivity contribution is 5.89. The summed E-state index contributed by atoms with van der Waals surface area (Å²) in [4.78, 5) is 18.5. The zero-order valence-electron chi connectivity index (χ0n) is 15.0. The van der Waals surface area contributed by atoms with Crippen molar-refractivity contribution in [3.63, 3.8) is 0 Å². The van der Waals surface area contributed by atoms with Gasteiger partial charge in [0.25, 0.3) is 0 Å². The Morgan fingerprint density at radius 2 is 2.04 bits per heavy atom. The normalized spacial score (nSPS) is 17.2. The molecule has 1 aliphatic heterocycles. The number of amides is 2. The van der Waals surface area contributed by atoms with Gasteiger partial charge in [-0.2, -0.15) is 0 Å². The van der Waals surface area contributed by atoms with Crippen LogP contribution in [0.1, 0.15) is 36.0 Å². The number of nitrogens with zero attached hydrogens (tertiary/aromatic N) is 2. The number of aromatic nitrogens is 1. The van der Waals surface area contributed by atoms with E-state index in [1.807, 2.05) is 29.3 Å². The van der Waals surface area contributed by atoms with E-state index in [9.17, 15) is 4.79 Å².